The Balaban J connectivity index is 1.90. The Labute approximate surface area is 136 Å². The van der Waals surface area contributed by atoms with Crippen LogP contribution in [0.25, 0.3) is 21.8 Å². The highest BCUT2D eigenvalue weighted by molar-refractivity contribution is 9.10. The van der Waals surface area contributed by atoms with Crippen molar-refractivity contribution >= 4 is 27.3 Å². The average Bonchev–Trinajstić information content (AvgIpc) is 2.84. The molecular formula is C18H14BrNS. The summed E-state index contributed by atoms with van der Waals surface area (Å²) in [6.45, 7) is 0. The number of aryl methyl sites for hydroxylation is 2. The summed E-state index contributed by atoms with van der Waals surface area (Å²) in [7, 11) is 0. The summed E-state index contributed by atoms with van der Waals surface area (Å²) >= 11 is 5.48. The molecule has 0 atom stereocenters. The number of benzene rings is 2. The van der Waals surface area contributed by atoms with E-state index >= 15 is 0 Å². The molecule has 0 unspecified atom stereocenters. The Kier molecular flexibility index (Phi) is 3.40. The normalized spacial score (nSPS) is 13.4. The molecule has 0 spiro atoms. The maximum Gasteiger partial charge on any atom is 0.125 e. The van der Waals surface area contributed by atoms with Gasteiger partial charge in [-0.15, -0.1) is 11.3 Å². The molecular weight excluding hydrogens is 342 g/mol. The van der Waals surface area contributed by atoms with Gasteiger partial charge in [0.15, 0.2) is 0 Å². The van der Waals surface area contributed by atoms with E-state index in [9.17, 15) is 0 Å². The van der Waals surface area contributed by atoms with E-state index in [2.05, 4.69) is 58.4 Å². The monoisotopic (exact) mass is 355 g/mol. The maximum atomic E-state index is 4.97. The van der Waals surface area contributed by atoms with E-state index in [-0.39, 0.29) is 0 Å². The zero-order chi connectivity index (χ0) is 14.2. The lowest BCUT2D eigenvalue weighted by atomic mass is 10.0. The van der Waals surface area contributed by atoms with Crippen molar-refractivity contribution in [3.8, 4) is 21.8 Å². The quantitative estimate of drug-likeness (QED) is 0.543. The Hall–Kier alpha value is -1.45. The van der Waals surface area contributed by atoms with Crippen molar-refractivity contribution in [2.75, 3.05) is 0 Å². The molecule has 0 bridgehead atoms. The fourth-order valence-corrected chi connectivity index (χ4v) is 4.65. The summed E-state index contributed by atoms with van der Waals surface area (Å²) in [5.74, 6) is 0. The largest absolute Gasteiger partial charge is 0.236 e. The Morgan fingerprint density at radius 3 is 2.52 bits per heavy atom. The van der Waals surface area contributed by atoms with Crippen LogP contribution in [-0.4, -0.2) is 4.98 Å². The molecule has 0 N–H and O–H groups in total. The first kappa shape index (κ1) is 13.2. The molecule has 1 aromatic heterocycles. The summed E-state index contributed by atoms with van der Waals surface area (Å²) < 4.78 is 1.11. The van der Waals surface area contributed by atoms with Crippen LogP contribution in [0.15, 0.2) is 53.0 Å². The fourth-order valence-electron chi connectivity index (χ4n) is 2.89. The molecule has 0 amide bonds. The highest BCUT2D eigenvalue weighted by atomic mass is 79.9. The van der Waals surface area contributed by atoms with E-state index < -0.39 is 0 Å². The molecule has 104 valence electrons. The van der Waals surface area contributed by atoms with E-state index in [1.54, 1.807) is 0 Å². The van der Waals surface area contributed by atoms with Gasteiger partial charge in [0.25, 0.3) is 0 Å². The highest BCUT2D eigenvalue weighted by Gasteiger charge is 2.20. The average molecular weight is 356 g/mol. The second kappa shape index (κ2) is 5.39. The summed E-state index contributed by atoms with van der Waals surface area (Å²) in [5, 5.41) is 1.11. The van der Waals surface area contributed by atoms with Crippen molar-refractivity contribution in [1.82, 2.24) is 4.98 Å². The van der Waals surface area contributed by atoms with E-state index in [4.69, 9.17) is 4.98 Å². The van der Waals surface area contributed by atoms with Gasteiger partial charge >= 0.3 is 0 Å². The number of rotatable bonds is 1. The van der Waals surface area contributed by atoms with Crippen LogP contribution in [0, 0.1) is 0 Å². The van der Waals surface area contributed by atoms with Crippen LogP contribution in [0.4, 0.5) is 0 Å². The molecule has 2 aromatic carbocycles. The van der Waals surface area contributed by atoms with Crippen molar-refractivity contribution < 1.29 is 0 Å². The molecule has 0 fully saturated rings. The predicted molar refractivity (Wildman–Crippen MR) is 92.7 cm³/mol. The van der Waals surface area contributed by atoms with E-state index in [1.165, 1.54) is 33.7 Å². The Bertz CT molecular complexity index is 806. The molecule has 1 heterocycles. The third kappa shape index (κ3) is 2.34. The lowest BCUT2D eigenvalue weighted by Gasteiger charge is -2.04. The van der Waals surface area contributed by atoms with Gasteiger partial charge in [-0.2, -0.15) is 0 Å². The molecule has 1 aliphatic carbocycles. The zero-order valence-corrected chi connectivity index (χ0v) is 13.9. The number of halogens is 1. The predicted octanol–water partition coefficient (Wildman–Crippen LogP) is 5.73. The summed E-state index contributed by atoms with van der Waals surface area (Å²) in [6, 6.07) is 17.0. The van der Waals surface area contributed by atoms with Crippen LogP contribution in [0.5, 0.6) is 0 Å². The first-order valence-corrected chi connectivity index (χ1v) is 8.77. The van der Waals surface area contributed by atoms with Crippen molar-refractivity contribution in [2.45, 2.75) is 19.3 Å². The molecule has 0 saturated carbocycles. The Morgan fingerprint density at radius 1 is 0.905 bits per heavy atom. The summed E-state index contributed by atoms with van der Waals surface area (Å²) in [5.41, 5.74) is 5.13. The van der Waals surface area contributed by atoms with Crippen molar-refractivity contribution in [2.24, 2.45) is 0 Å². The van der Waals surface area contributed by atoms with Crippen LogP contribution in [-0.2, 0) is 12.8 Å². The molecule has 1 nitrogen and oxygen atoms in total. The summed E-state index contributed by atoms with van der Waals surface area (Å²) in [4.78, 5) is 6.39. The number of nitrogens with zero attached hydrogens (tertiary/aromatic N) is 1. The minimum atomic E-state index is 1.11. The smallest absolute Gasteiger partial charge is 0.125 e. The lowest BCUT2D eigenvalue weighted by molar-refractivity contribution is 0.843. The van der Waals surface area contributed by atoms with Crippen LogP contribution in [0.2, 0.25) is 0 Å². The topological polar surface area (TPSA) is 12.9 Å². The van der Waals surface area contributed by atoms with Gasteiger partial charge in [0.05, 0.1) is 5.69 Å². The molecule has 1 aliphatic rings. The van der Waals surface area contributed by atoms with Crippen molar-refractivity contribution in [1.29, 1.82) is 0 Å². The van der Waals surface area contributed by atoms with Gasteiger partial charge in [0, 0.05) is 20.5 Å². The van der Waals surface area contributed by atoms with Crippen LogP contribution >= 0.6 is 27.3 Å². The minimum Gasteiger partial charge on any atom is -0.236 e. The number of aromatic nitrogens is 1. The molecule has 3 aromatic rings. The number of thiazole rings is 1. The second-order valence-electron chi connectivity index (χ2n) is 5.28. The molecule has 3 heteroatoms. The zero-order valence-electron chi connectivity index (χ0n) is 11.5. The molecule has 21 heavy (non-hydrogen) atoms. The second-order valence-corrected chi connectivity index (χ2v) is 7.22. The van der Waals surface area contributed by atoms with Gasteiger partial charge in [-0.3, -0.25) is 0 Å². The number of fused-ring (bicyclic) bond motifs is 3. The number of hydrogen-bond acceptors (Lipinski definition) is 2. The third-order valence-electron chi connectivity index (χ3n) is 3.92. The first-order valence-electron chi connectivity index (χ1n) is 7.16. The highest BCUT2D eigenvalue weighted by Crippen LogP contribution is 2.40. The molecule has 0 aliphatic heterocycles. The number of hydrogen-bond donors (Lipinski definition) is 0. The van der Waals surface area contributed by atoms with E-state index in [0.717, 1.165) is 22.3 Å². The summed E-state index contributed by atoms with van der Waals surface area (Å²) in [6.07, 6.45) is 3.50. The van der Waals surface area contributed by atoms with Crippen molar-refractivity contribution in [3.63, 3.8) is 0 Å². The lowest BCUT2D eigenvalue weighted by Crippen LogP contribution is -1.87. The van der Waals surface area contributed by atoms with Crippen LogP contribution < -0.4 is 0 Å². The molecule has 0 radical (unpaired) electrons. The maximum absolute atomic E-state index is 4.97. The van der Waals surface area contributed by atoms with Gasteiger partial charge in [-0.05, 0) is 30.9 Å². The van der Waals surface area contributed by atoms with Crippen LogP contribution in [0.1, 0.15) is 16.9 Å². The van der Waals surface area contributed by atoms with Gasteiger partial charge < -0.3 is 0 Å². The van der Waals surface area contributed by atoms with Crippen LogP contribution in [0.3, 0.4) is 0 Å². The standard InChI is InChI=1S/C18H14BrNS/c19-15-10-4-3-9-14(15)18-20-17-13-8-2-1-6-12(13)7-5-11-16(17)21-18/h1-4,6,8-10H,5,7,11H2. The van der Waals surface area contributed by atoms with E-state index in [0.29, 0.717) is 0 Å². The molecule has 4 rings (SSSR count). The van der Waals surface area contributed by atoms with Gasteiger partial charge in [0.1, 0.15) is 5.01 Å². The third-order valence-corrected chi connectivity index (χ3v) is 5.76. The SMILES string of the molecule is Brc1ccccc1-c1nc2c(s1)CCCc1ccccc1-2. The van der Waals surface area contributed by atoms with Gasteiger partial charge in [0.2, 0.25) is 0 Å². The fraction of sp³-hybridized carbons (Fsp3) is 0.167. The first-order chi connectivity index (χ1) is 10.3. The van der Waals surface area contributed by atoms with E-state index in [1.807, 2.05) is 17.4 Å². The van der Waals surface area contributed by atoms with Gasteiger partial charge in [-0.1, -0.05) is 58.4 Å². The Morgan fingerprint density at radius 2 is 1.67 bits per heavy atom. The minimum absolute atomic E-state index is 1.11. The van der Waals surface area contributed by atoms with Gasteiger partial charge in [-0.25, -0.2) is 4.98 Å². The molecule has 0 saturated heterocycles. The van der Waals surface area contributed by atoms with Crippen molar-refractivity contribution in [3.05, 3.63) is 63.4 Å².